The highest BCUT2D eigenvalue weighted by Gasteiger charge is 2.61. The summed E-state index contributed by atoms with van der Waals surface area (Å²) < 4.78 is 39.9. The Balaban J connectivity index is 1.31. The third-order valence-electron chi connectivity index (χ3n) is 10.6. The molecular weight excluding hydrogens is 429 g/mol. The van der Waals surface area contributed by atoms with E-state index >= 15 is 0 Å². The molecule has 8 atom stereocenters. The van der Waals surface area contributed by atoms with E-state index in [-0.39, 0.29) is 29.1 Å². The van der Waals surface area contributed by atoms with Crippen LogP contribution in [0.1, 0.15) is 84.1 Å². The van der Waals surface area contributed by atoms with E-state index in [0.717, 1.165) is 68.4 Å². The highest BCUT2D eigenvalue weighted by molar-refractivity contribution is 5.82. The van der Waals surface area contributed by atoms with Gasteiger partial charge in [-0.1, -0.05) is 13.8 Å². The van der Waals surface area contributed by atoms with Gasteiger partial charge in [-0.05, 0) is 99.2 Å². The van der Waals surface area contributed by atoms with Crippen molar-refractivity contribution in [2.75, 3.05) is 0 Å². The van der Waals surface area contributed by atoms with Crippen molar-refractivity contribution in [3.05, 3.63) is 18.0 Å². The minimum atomic E-state index is -4.44. The number of hydrogen-bond acceptors (Lipinski definition) is 3. The predicted molar refractivity (Wildman–Crippen MR) is 118 cm³/mol. The fourth-order valence-corrected chi connectivity index (χ4v) is 8.83. The largest absolute Gasteiger partial charge is 0.419 e. The van der Waals surface area contributed by atoms with E-state index in [0.29, 0.717) is 23.7 Å². The molecule has 4 aliphatic carbocycles. The quantitative estimate of drug-likeness (QED) is 0.605. The van der Waals surface area contributed by atoms with Crippen LogP contribution in [-0.2, 0) is 17.5 Å². The van der Waals surface area contributed by atoms with E-state index in [1.54, 1.807) is 0 Å². The van der Waals surface area contributed by atoms with Crippen LogP contribution in [0.3, 0.4) is 0 Å². The summed E-state index contributed by atoms with van der Waals surface area (Å²) in [6.07, 6.45) is 6.52. The number of ketones is 1. The lowest BCUT2D eigenvalue weighted by Crippen LogP contribution is -2.55. The normalized spacial score (nSPS) is 45.2. The SMILES string of the molecule is CC12CC[C@@](C)(O)CC1CCC1C2CCC2(C)C1CC[C@@H]2C(=O)Cn1cc(C(F)(F)F)cn1. The number of nitrogens with zero attached hydrogens (tertiary/aromatic N) is 2. The minimum absolute atomic E-state index is 0.0314. The fourth-order valence-electron chi connectivity index (χ4n) is 8.83. The summed E-state index contributed by atoms with van der Waals surface area (Å²) in [6, 6.07) is 0. The zero-order chi connectivity index (χ0) is 23.8. The topological polar surface area (TPSA) is 55.1 Å². The van der Waals surface area contributed by atoms with Gasteiger partial charge in [0.1, 0.15) is 0 Å². The Morgan fingerprint density at radius 3 is 2.48 bits per heavy atom. The summed E-state index contributed by atoms with van der Waals surface area (Å²) in [5, 5.41) is 14.5. The van der Waals surface area contributed by atoms with Gasteiger partial charge in [-0.2, -0.15) is 18.3 Å². The highest BCUT2D eigenvalue weighted by atomic mass is 19.4. The summed E-state index contributed by atoms with van der Waals surface area (Å²) in [6.45, 7) is 6.64. The Kier molecular flexibility index (Phi) is 5.36. The van der Waals surface area contributed by atoms with E-state index < -0.39 is 17.3 Å². The van der Waals surface area contributed by atoms with Gasteiger partial charge in [-0.15, -0.1) is 0 Å². The van der Waals surface area contributed by atoms with Crippen molar-refractivity contribution in [3.63, 3.8) is 0 Å². The van der Waals surface area contributed by atoms with Crippen molar-refractivity contribution in [2.24, 2.45) is 40.4 Å². The summed E-state index contributed by atoms with van der Waals surface area (Å²) in [5.74, 6) is 2.29. The first kappa shape index (κ1) is 23.4. The van der Waals surface area contributed by atoms with Crippen molar-refractivity contribution < 1.29 is 23.1 Å². The average Bonchev–Trinajstić information content (AvgIpc) is 3.32. The molecule has 4 aliphatic rings. The highest BCUT2D eigenvalue weighted by Crippen LogP contribution is 2.68. The molecule has 6 unspecified atom stereocenters. The lowest BCUT2D eigenvalue weighted by Gasteiger charge is -2.61. The average molecular weight is 467 g/mol. The Morgan fingerprint density at radius 1 is 1.06 bits per heavy atom. The van der Waals surface area contributed by atoms with E-state index in [1.807, 2.05) is 6.92 Å². The van der Waals surface area contributed by atoms with E-state index in [1.165, 1.54) is 6.42 Å². The molecule has 4 nitrogen and oxygen atoms in total. The second kappa shape index (κ2) is 7.56. The number of hydrogen-bond donors (Lipinski definition) is 1. The smallest absolute Gasteiger partial charge is 0.390 e. The molecular formula is C26H37F3N2O2. The van der Waals surface area contributed by atoms with Gasteiger partial charge in [-0.25, -0.2) is 0 Å². The number of aromatic nitrogens is 2. The van der Waals surface area contributed by atoms with Gasteiger partial charge in [0, 0.05) is 12.1 Å². The third-order valence-corrected chi connectivity index (χ3v) is 10.6. The Hall–Kier alpha value is -1.37. The standard InChI is InChI=1S/C26H37F3N2O2/c1-23(33)10-11-24(2)16(12-23)4-5-18-19-6-7-21(25(19,3)9-8-20(18)24)22(32)15-31-14-17(13-30-31)26(27,28)29/h13-14,16,18-21,33H,4-12,15H2,1-3H3/t16?,18?,19?,20?,21-,23-,24?,25?/m1/s1. The molecule has 4 fully saturated rings. The number of Topliss-reactive ketones (excluding diaryl/α,β-unsaturated/α-hetero) is 1. The first-order chi connectivity index (χ1) is 15.3. The van der Waals surface area contributed by atoms with Gasteiger partial charge in [0.25, 0.3) is 0 Å². The summed E-state index contributed by atoms with van der Waals surface area (Å²) >= 11 is 0. The Morgan fingerprint density at radius 2 is 1.79 bits per heavy atom. The van der Waals surface area contributed by atoms with Crippen LogP contribution in [0.5, 0.6) is 0 Å². The lowest BCUT2D eigenvalue weighted by atomic mass is 9.44. The van der Waals surface area contributed by atoms with Crippen LogP contribution in [0, 0.1) is 40.4 Å². The summed E-state index contributed by atoms with van der Waals surface area (Å²) in [7, 11) is 0. The number of aliphatic hydroxyl groups is 1. The first-order valence-electron chi connectivity index (χ1n) is 12.7. The molecule has 1 N–H and O–H groups in total. The molecule has 5 rings (SSSR count). The van der Waals surface area contributed by atoms with Crippen molar-refractivity contribution in [1.29, 1.82) is 0 Å². The molecule has 0 spiro atoms. The van der Waals surface area contributed by atoms with Crippen LogP contribution < -0.4 is 0 Å². The molecule has 0 aliphatic heterocycles. The van der Waals surface area contributed by atoms with Crippen LogP contribution in [0.4, 0.5) is 13.2 Å². The molecule has 0 bridgehead atoms. The molecule has 7 heteroatoms. The number of fused-ring (bicyclic) bond motifs is 5. The lowest BCUT2D eigenvalue weighted by molar-refractivity contribution is -0.151. The molecule has 0 radical (unpaired) electrons. The molecule has 0 saturated heterocycles. The Bertz CT molecular complexity index is 925. The second-order valence-corrected chi connectivity index (χ2v) is 12.4. The van der Waals surface area contributed by atoms with E-state index in [4.69, 9.17) is 0 Å². The molecule has 184 valence electrons. The van der Waals surface area contributed by atoms with Crippen LogP contribution in [0.15, 0.2) is 12.4 Å². The molecule has 1 heterocycles. The molecule has 33 heavy (non-hydrogen) atoms. The van der Waals surface area contributed by atoms with E-state index in [9.17, 15) is 23.1 Å². The maximum absolute atomic E-state index is 13.3. The zero-order valence-electron chi connectivity index (χ0n) is 20.0. The maximum atomic E-state index is 13.3. The Labute approximate surface area is 194 Å². The zero-order valence-corrected chi connectivity index (χ0v) is 20.0. The van der Waals surface area contributed by atoms with Crippen LogP contribution in [0.2, 0.25) is 0 Å². The van der Waals surface area contributed by atoms with Gasteiger partial charge >= 0.3 is 6.18 Å². The van der Waals surface area contributed by atoms with Crippen LogP contribution in [-0.4, -0.2) is 26.3 Å². The summed E-state index contributed by atoms with van der Waals surface area (Å²) in [5.41, 5.74) is -1.13. The molecule has 4 saturated carbocycles. The molecule has 1 aromatic rings. The fraction of sp³-hybridized carbons (Fsp3) is 0.846. The van der Waals surface area contributed by atoms with Crippen molar-refractivity contribution in [2.45, 2.75) is 96.9 Å². The maximum Gasteiger partial charge on any atom is 0.419 e. The van der Waals surface area contributed by atoms with E-state index in [2.05, 4.69) is 18.9 Å². The number of rotatable bonds is 3. The molecule has 0 amide bonds. The summed E-state index contributed by atoms with van der Waals surface area (Å²) in [4.78, 5) is 13.3. The number of carbonyl (C=O) groups is 1. The second-order valence-electron chi connectivity index (χ2n) is 12.4. The number of halogens is 3. The minimum Gasteiger partial charge on any atom is -0.390 e. The number of carbonyl (C=O) groups excluding carboxylic acids is 1. The van der Waals surface area contributed by atoms with Gasteiger partial charge in [0.05, 0.1) is 23.9 Å². The third kappa shape index (κ3) is 3.77. The van der Waals surface area contributed by atoms with Gasteiger partial charge < -0.3 is 5.11 Å². The van der Waals surface area contributed by atoms with Crippen molar-refractivity contribution >= 4 is 5.78 Å². The molecule has 0 aromatic carbocycles. The van der Waals surface area contributed by atoms with Gasteiger partial charge in [0.15, 0.2) is 5.78 Å². The predicted octanol–water partition coefficient (Wildman–Crippen LogP) is 5.88. The monoisotopic (exact) mass is 466 g/mol. The first-order valence-corrected chi connectivity index (χ1v) is 12.7. The van der Waals surface area contributed by atoms with Crippen LogP contribution in [0.25, 0.3) is 0 Å². The van der Waals surface area contributed by atoms with Crippen molar-refractivity contribution in [3.8, 4) is 0 Å². The molecule has 1 aromatic heterocycles. The van der Waals surface area contributed by atoms with Crippen LogP contribution >= 0.6 is 0 Å². The number of alkyl halides is 3. The van der Waals surface area contributed by atoms with Crippen molar-refractivity contribution in [1.82, 2.24) is 9.78 Å². The van der Waals surface area contributed by atoms with Gasteiger partial charge in [0.2, 0.25) is 0 Å². The van der Waals surface area contributed by atoms with Gasteiger partial charge in [-0.3, -0.25) is 9.48 Å².